The van der Waals surface area contributed by atoms with E-state index in [1.54, 1.807) is 12.1 Å². The van der Waals surface area contributed by atoms with Gasteiger partial charge in [-0.1, -0.05) is 0 Å². The Morgan fingerprint density at radius 3 is 3.27 bits per heavy atom. The van der Waals surface area contributed by atoms with Gasteiger partial charge in [0.1, 0.15) is 18.1 Å². The average Bonchev–Trinajstić information content (AvgIpc) is 2.61. The quantitative estimate of drug-likeness (QED) is 0.577. The lowest BCUT2D eigenvalue weighted by Gasteiger charge is -2.09. The molecule has 1 aliphatic rings. The van der Waals surface area contributed by atoms with Gasteiger partial charge in [-0.3, -0.25) is 0 Å². The van der Waals surface area contributed by atoms with Crippen LogP contribution in [0.2, 0.25) is 0 Å². The van der Waals surface area contributed by atoms with Crippen molar-refractivity contribution in [1.82, 2.24) is 5.32 Å². The number of benzene rings is 1. The molecule has 1 aromatic carbocycles. The average molecular weight is 203 g/mol. The minimum atomic E-state index is 0.189. The molecule has 78 valence electrons. The van der Waals surface area contributed by atoms with Gasteiger partial charge in [-0.25, -0.2) is 0 Å². The third-order valence-corrected chi connectivity index (χ3v) is 2.44. The van der Waals surface area contributed by atoms with Crippen molar-refractivity contribution in [2.45, 2.75) is 12.5 Å². The Morgan fingerprint density at radius 1 is 1.60 bits per heavy atom. The zero-order valence-electron chi connectivity index (χ0n) is 8.36. The van der Waals surface area contributed by atoms with Crippen LogP contribution in [0, 0.1) is 12.3 Å². The van der Waals surface area contributed by atoms with Crippen LogP contribution in [0.3, 0.4) is 0 Å². The summed E-state index contributed by atoms with van der Waals surface area (Å²) in [4.78, 5) is 0. The van der Waals surface area contributed by atoms with Crippen molar-refractivity contribution in [3.05, 3.63) is 23.8 Å². The van der Waals surface area contributed by atoms with E-state index in [1.807, 2.05) is 6.07 Å². The van der Waals surface area contributed by atoms with Gasteiger partial charge in [0, 0.05) is 24.6 Å². The molecule has 0 saturated heterocycles. The van der Waals surface area contributed by atoms with Gasteiger partial charge in [-0.15, -0.1) is 12.3 Å². The Labute approximate surface area is 89.1 Å². The summed E-state index contributed by atoms with van der Waals surface area (Å²) >= 11 is 0. The molecule has 15 heavy (non-hydrogen) atoms. The van der Waals surface area contributed by atoms with Gasteiger partial charge in [0.2, 0.25) is 0 Å². The second kappa shape index (κ2) is 4.24. The standard InChI is InChI=1S/C12H13NO2/c1-2-3-6-13-11-8-15-12-7-9(14)4-5-10(11)12/h1,4-5,7,11,13-14H,3,6,8H2. The minimum absolute atomic E-state index is 0.189. The molecule has 3 heteroatoms. The highest BCUT2D eigenvalue weighted by atomic mass is 16.5. The summed E-state index contributed by atoms with van der Waals surface area (Å²) in [6.45, 7) is 1.38. The molecule has 1 atom stereocenters. The molecule has 0 aliphatic carbocycles. The van der Waals surface area contributed by atoms with Gasteiger partial charge in [0.05, 0.1) is 6.04 Å². The fourth-order valence-electron chi connectivity index (χ4n) is 1.69. The van der Waals surface area contributed by atoms with Crippen molar-refractivity contribution in [2.75, 3.05) is 13.2 Å². The molecule has 1 unspecified atom stereocenters. The van der Waals surface area contributed by atoms with Gasteiger partial charge in [-0.2, -0.15) is 0 Å². The number of ether oxygens (including phenoxy) is 1. The fourth-order valence-corrected chi connectivity index (χ4v) is 1.69. The van der Waals surface area contributed by atoms with Crippen LogP contribution in [0.1, 0.15) is 18.0 Å². The van der Waals surface area contributed by atoms with E-state index in [1.165, 1.54) is 0 Å². The van der Waals surface area contributed by atoms with Crippen molar-refractivity contribution in [1.29, 1.82) is 0 Å². The lowest BCUT2D eigenvalue weighted by Crippen LogP contribution is -2.23. The predicted octanol–water partition coefficient (Wildman–Crippen LogP) is 1.44. The van der Waals surface area contributed by atoms with E-state index in [9.17, 15) is 5.11 Å². The van der Waals surface area contributed by atoms with E-state index in [2.05, 4.69) is 11.2 Å². The smallest absolute Gasteiger partial charge is 0.127 e. The Balaban J connectivity index is 2.05. The second-order valence-electron chi connectivity index (χ2n) is 3.49. The summed E-state index contributed by atoms with van der Waals surface area (Å²) in [6, 6.07) is 5.38. The maximum Gasteiger partial charge on any atom is 0.127 e. The SMILES string of the molecule is C#CCCNC1COc2cc(O)ccc21. The molecule has 0 aromatic heterocycles. The summed E-state index contributed by atoms with van der Waals surface area (Å²) in [5.74, 6) is 3.57. The molecule has 0 saturated carbocycles. The summed E-state index contributed by atoms with van der Waals surface area (Å²) < 4.78 is 5.45. The highest BCUT2D eigenvalue weighted by Gasteiger charge is 2.23. The summed E-state index contributed by atoms with van der Waals surface area (Å²) in [7, 11) is 0. The summed E-state index contributed by atoms with van der Waals surface area (Å²) in [6.07, 6.45) is 5.89. The minimum Gasteiger partial charge on any atom is -0.508 e. The highest BCUT2D eigenvalue weighted by molar-refractivity contribution is 5.44. The number of rotatable bonds is 3. The zero-order chi connectivity index (χ0) is 10.7. The predicted molar refractivity (Wildman–Crippen MR) is 57.8 cm³/mol. The molecule has 2 rings (SSSR count). The van der Waals surface area contributed by atoms with Crippen LogP contribution in [-0.2, 0) is 0 Å². The second-order valence-corrected chi connectivity index (χ2v) is 3.49. The van der Waals surface area contributed by atoms with Crippen LogP contribution < -0.4 is 10.1 Å². The van der Waals surface area contributed by atoms with Crippen molar-refractivity contribution in [3.63, 3.8) is 0 Å². The highest BCUT2D eigenvalue weighted by Crippen LogP contribution is 2.34. The number of hydrogen-bond donors (Lipinski definition) is 2. The molecule has 0 spiro atoms. The molecule has 0 amide bonds. The normalized spacial score (nSPS) is 17.9. The van der Waals surface area contributed by atoms with Gasteiger partial charge < -0.3 is 15.2 Å². The third-order valence-electron chi connectivity index (χ3n) is 2.44. The molecule has 0 bridgehead atoms. The van der Waals surface area contributed by atoms with E-state index >= 15 is 0 Å². The summed E-state index contributed by atoms with van der Waals surface area (Å²) in [5, 5.41) is 12.6. The Bertz CT molecular complexity index is 395. The Morgan fingerprint density at radius 2 is 2.47 bits per heavy atom. The van der Waals surface area contributed by atoms with Crippen molar-refractivity contribution < 1.29 is 9.84 Å². The lowest BCUT2D eigenvalue weighted by atomic mass is 10.1. The summed E-state index contributed by atoms with van der Waals surface area (Å²) in [5.41, 5.74) is 1.09. The van der Waals surface area contributed by atoms with E-state index in [0.717, 1.165) is 17.9 Å². The number of terminal acetylenes is 1. The van der Waals surface area contributed by atoms with Crippen LogP contribution in [0.25, 0.3) is 0 Å². The Hall–Kier alpha value is -1.66. The molecule has 3 nitrogen and oxygen atoms in total. The van der Waals surface area contributed by atoms with E-state index in [0.29, 0.717) is 13.0 Å². The fraction of sp³-hybridized carbons (Fsp3) is 0.333. The van der Waals surface area contributed by atoms with E-state index in [-0.39, 0.29) is 11.8 Å². The van der Waals surface area contributed by atoms with Crippen LogP contribution >= 0.6 is 0 Å². The van der Waals surface area contributed by atoms with E-state index < -0.39 is 0 Å². The van der Waals surface area contributed by atoms with Crippen molar-refractivity contribution in [2.24, 2.45) is 0 Å². The van der Waals surface area contributed by atoms with Gasteiger partial charge in [0.15, 0.2) is 0 Å². The van der Waals surface area contributed by atoms with Crippen LogP contribution in [0.15, 0.2) is 18.2 Å². The van der Waals surface area contributed by atoms with Crippen LogP contribution in [-0.4, -0.2) is 18.3 Å². The zero-order valence-corrected chi connectivity index (χ0v) is 8.36. The van der Waals surface area contributed by atoms with Gasteiger partial charge in [-0.05, 0) is 12.1 Å². The molecule has 0 radical (unpaired) electrons. The number of aromatic hydroxyl groups is 1. The molecular formula is C12H13NO2. The molecule has 1 heterocycles. The monoisotopic (exact) mass is 203 g/mol. The number of hydrogen-bond acceptors (Lipinski definition) is 3. The first-order chi connectivity index (χ1) is 7.31. The Kier molecular flexibility index (Phi) is 2.79. The third kappa shape index (κ3) is 2.05. The number of nitrogens with one attached hydrogen (secondary N) is 1. The van der Waals surface area contributed by atoms with Gasteiger partial charge >= 0.3 is 0 Å². The van der Waals surface area contributed by atoms with Crippen molar-refractivity contribution >= 4 is 0 Å². The van der Waals surface area contributed by atoms with Crippen LogP contribution in [0.4, 0.5) is 0 Å². The number of phenolic OH excluding ortho intramolecular Hbond substituents is 1. The maximum atomic E-state index is 9.27. The largest absolute Gasteiger partial charge is 0.508 e. The maximum absolute atomic E-state index is 9.27. The molecule has 0 fully saturated rings. The molecular weight excluding hydrogens is 190 g/mol. The topological polar surface area (TPSA) is 41.5 Å². The van der Waals surface area contributed by atoms with Gasteiger partial charge in [0.25, 0.3) is 0 Å². The van der Waals surface area contributed by atoms with Crippen LogP contribution in [0.5, 0.6) is 11.5 Å². The molecule has 2 N–H and O–H groups in total. The first kappa shape index (κ1) is 9.88. The number of phenols is 1. The lowest BCUT2D eigenvalue weighted by molar-refractivity contribution is 0.311. The number of fused-ring (bicyclic) bond motifs is 1. The van der Waals surface area contributed by atoms with E-state index in [4.69, 9.17) is 11.2 Å². The molecule has 1 aliphatic heterocycles. The van der Waals surface area contributed by atoms with Crippen molar-refractivity contribution in [3.8, 4) is 23.8 Å². The first-order valence-electron chi connectivity index (χ1n) is 4.94. The molecule has 1 aromatic rings. The first-order valence-corrected chi connectivity index (χ1v) is 4.94.